The molecule has 1 aliphatic carbocycles. The largest absolute Gasteiger partial charge is 0.356 e. The quantitative estimate of drug-likeness (QED) is 0.728. The highest BCUT2D eigenvalue weighted by Crippen LogP contribution is 2.31. The molecule has 1 amide bonds. The minimum atomic E-state index is -0.189. The van der Waals surface area contributed by atoms with Crippen LogP contribution in [-0.2, 0) is 4.79 Å². The smallest absolute Gasteiger partial charge is 0.221 e. The number of amides is 1. The van der Waals surface area contributed by atoms with E-state index in [1.807, 2.05) is 0 Å². The van der Waals surface area contributed by atoms with Gasteiger partial charge in [-0.1, -0.05) is 20.8 Å². The van der Waals surface area contributed by atoms with E-state index >= 15 is 0 Å². The summed E-state index contributed by atoms with van der Waals surface area (Å²) in [5, 5.41) is 2.97. The second-order valence-electron chi connectivity index (χ2n) is 5.42. The van der Waals surface area contributed by atoms with E-state index in [0.29, 0.717) is 18.3 Å². The molecule has 0 bridgehead atoms. The van der Waals surface area contributed by atoms with Crippen molar-refractivity contribution in [1.29, 1.82) is 0 Å². The van der Waals surface area contributed by atoms with Crippen LogP contribution >= 0.6 is 0 Å². The van der Waals surface area contributed by atoms with E-state index in [9.17, 15) is 4.79 Å². The third-order valence-electron chi connectivity index (χ3n) is 3.62. The first-order chi connectivity index (χ1) is 6.93. The summed E-state index contributed by atoms with van der Waals surface area (Å²) in [6, 6.07) is 0. The molecule has 0 spiro atoms. The fourth-order valence-electron chi connectivity index (χ4n) is 1.70. The number of rotatable bonds is 5. The van der Waals surface area contributed by atoms with Crippen molar-refractivity contribution < 1.29 is 4.79 Å². The van der Waals surface area contributed by atoms with Crippen molar-refractivity contribution >= 4 is 5.91 Å². The van der Waals surface area contributed by atoms with Crippen LogP contribution in [-0.4, -0.2) is 18.0 Å². The predicted molar refractivity (Wildman–Crippen MR) is 62.4 cm³/mol. The lowest BCUT2D eigenvalue weighted by Crippen LogP contribution is -2.50. The van der Waals surface area contributed by atoms with E-state index in [4.69, 9.17) is 5.73 Å². The molecule has 1 aliphatic rings. The van der Waals surface area contributed by atoms with Gasteiger partial charge in [0.1, 0.15) is 0 Å². The molecule has 0 saturated heterocycles. The average Bonchev–Trinajstić information content (AvgIpc) is 2.11. The van der Waals surface area contributed by atoms with Crippen LogP contribution in [0.4, 0.5) is 0 Å². The first-order valence-electron chi connectivity index (χ1n) is 5.98. The molecule has 1 unspecified atom stereocenters. The lowest BCUT2D eigenvalue weighted by Gasteiger charge is -2.37. The Morgan fingerprint density at radius 3 is 2.40 bits per heavy atom. The van der Waals surface area contributed by atoms with Gasteiger partial charge in [0.15, 0.2) is 0 Å². The monoisotopic (exact) mass is 212 g/mol. The Morgan fingerprint density at radius 1 is 1.40 bits per heavy atom. The van der Waals surface area contributed by atoms with Crippen LogP contribution < -0.4 is 11.1 Å². The number of carbonyl (C=O) groups is 1. The summed E-state index contributed by atoms with van der Waals surface area (Å²) in [6.45, 7) is 7.28. The summed E-state index contributed by atoms with van der Waals surface area (Å²) in [5.74, 6) is 1.26. The van der Waals surface area contributed by atoms with Crippen molar-refractivity contribution in [1.82, 2.24) is 5.32 Å². The fourth-order valence-corrected chi connectivity index (χ4v) is 1.70. The Morgan fingerprint density at radius 2 is 2.00 bits per heavy atom. The van der Waals surface area contributed by atoms with Gasteiger partial charge >= 0.3 is 0 Å². The molecular formula is C12H24N2O. The van der Waals surface area contributed by atoms with Crippen molar-refractivity contribution in [3.8, 4) is 0 Å². The highest BCUT2D eigenvalue weighted by atomic mass is 16.1. The Hall–Kier alpha value is -0.570. The first kappa shape index (κ1) is 12.5. The van der Waals surface area contributed by atoms with E-state index in [2.05, 4.69) is 26.1 Å². The van der Waals surface area contributed by atoms with Gasteiger partial charge in [-0.15, -0.1) is 0 Å². The Kier molecular flexibility index (Phi) is 4.14. The molecule has 88 valence electrons. The van der Waals surface area contributed by atoms with Crippen LogP contribution in [0.1, 0.15) is 46.5 Å². The fraction of sp³-hybridized carbons (Fsp3) is 0.917. The van der Waals surface area contributed by atoms with E-state index in [1.54, 1.807) is 0 Å². The molecule has 0 aromatic heterocycles. The summed E-state index contributed by atoms with van der Waals surface area (Å²) in [4.78, 5) is 11.6. The van der Waals surface area contributed by atoms with Gasteiger partial charge in [0.2, 0.25) is 5.91 Å². The number of nitrogens with one attached hydrogen (secondary N) is 1. The Bertz CT molecular complexity index is 222. The summed E-state index contributed by atoms with van der Waals surface area (Å²) >= 11 is 0. The number of carbonyl (C=O) groups excluding carboxylic acids is 1. The van der Waals surface area contributed by atoms with E-state index in [-0.39, 0.29) is 11.4 Å². The second-order valence-corrected chi connectivity index (χ2v) is 5.42. The molecule has 0 aliphatic heterocycles. The zero-order valence-electron chi connectivity index (χ0n) is 10.2. The molecule has 0 heterocycles. The lowest BCUT2D eigenvalue weighted by molar-refractivity contribution is -0.123. The number of hydrogen-bond acceptors (Lipinski definition) is 2. The van der Waals surface area contributed by atoms with Crippen LogP contribution in [0.15, 0.2) is 0 Å². The summed E-state index contributed by atoms with van der Waals surface area (Å²) < 4.78 is 0. The topological polar surface area (TPSA) is 55.1 Å². The van der Waals surface area contributed by atoms with Crippen LogP contribution in [0.5, 0.6) is 0 Å². The van der Waals surface area contributed by atoms with Crippen LogP contribution in [0, 0.1) is 11.8 Å². The van der Waals surface area contributed by atoms with Gasteiger partial charge in [-0.25, -0.2) is 0 Å². The Labute approximate surface area is 92.8 Å². The van der Waals surface area contributed by atoms with Gasteiger partial charge in [0.25, 0.3) is 0 Å². The molecule has 3 N–H and O–H groups in total. The third kappa shape index (κ3) is 3.82. The third-order valence-corrected chi connectivity index (χ3v) is 3.62. The molecule has 1 atom stereocenters. The highest BCUT2D eigenvalue weighted by Gasteiger charge is 2.34. The molecule has 3 heteroatoms. The molecule has 1 fully saturated rings. The molecular weight excluding hydrogens is 188 g/mol. The molecule has 3 nitrogen and oxygen atoms in total. The van der Waals surface area contributed by atoms with Crippen LogP contribution in [0.3, 0.4) is 0 Å². The van der Waals surface area contributed by atoms with Crippen LogP contribution in [0.2, 0.25) is 0 Å². The molecule has 15 heavy (non-hydrogen) atoms. The maximum Gasteiger partial charge on any atom is 0.221 e. The summed E-state index contributed by atoms with van der Waals surface area (Å²) in [7, 11) is 0. The summed E-state index contributed by atoms with van der Waals surface area (Å²) in [6.07, 6.45) is 3.67. The van der Waals surface area contributed by atoms with Gasteiger partial charge in [-0.05, 0) is 31.1 Å². The van der Waals surface area contributed by atoms with E-state index < -0.39 is 0 Å². The van der Waals surface area contributed by atoms with Gasteiger partial charge in [0, 0.05) is 18.5 Å². The van der Waals surface area contributed by atoms with Crippen molar-refractivity contribution in [2.24, 2.45) is 17.6 Å². The van der Waals surface area contributed by atoms with Crippen molar-refractivity contribution in [3.63, 3.8) is 0 Å². The van der Waals surface area contributed by atoms with Crippen molar-refractivity contribution in [3.05, 3.63) is 0 Å². The Balaban J connectivity index is 2.19. The normalized spacial score (nSPS) is 20.9. The SMILES string of the molecule is CC(C)C(C)CNC(=O)CC1(N)CCC1. The lowest BCUT2D eigenvalue weighted by atomic mass is 9.75. The maximum atomic E-state index is 11.6. The highest BCUT2D eigenvalue weighted by molar-refractivity contribution is 5.77. The van der Waals surface area contributed by atoms with Crippen molar-refractivity contribution in [2.45, 2.75) is 52.0 Å². The van der Waals surface area contributed by atoms with Gasteiger partial charge in [-0.3, -0.25) is 4.79 Å². The molecule has 1 rings (SSSR count). The van der Waals surface area contributed by atoms with Crippen molar-refractivity contribution in [2.75, 3.05) is 6.54 Å². The van der Waals surface area contributed by atoms with E-state index in [1.165, 1.54) is 6.42 Å². The zero-order valence-corrected chi connectivity index (χ0v) is 10.2. The minimum Gasteiger partial charge on any atom is -0.356 e. The molecule has 0 aromatic carbocycles. The average molecular weight is 212 g/mol. The molecule has 0 aromatic rings. The minimum absolute atomic E-state index is 0.115. The first-order valence-corrected chi connectivity index (χ1v) is 5.98. The standard InChI is InChI=1S/C12H24N2O/c1-9(2)10(3)8-14-11(15)7-12(13)5-4-6-12/h9-10H,4-8,13H2,1-3H3,(H,14,15). The predicted octanol–water partition coefficient (Wildman–Crippen LogP) is 1.67. The maximum absolute atomic E-state index is 11.6. The van der Waals surface area contributed by atoms with Crippen LogP contribution in [0.25, 0.3) is 0 Å². The van der Waals surface area contributed by atoms with Gasteiger partial charge < -0.3 is 11.1 Å². The van der Waals surface area contributed by atoms with Gasteiger partial charge in [-0.2, -0.15) is 0 Å². The molecule has 0 radical (unpaired) electrons. The zero-order chi connectivity index (χ0) is 11.5. The second kappa shape index (κ2) is 4.97. The van der Waals surface area contributed by atoms with E-state index in [0.717, 1.165) is 19.4 Å². The molecule has 1 saturated carbocycles. The van der Waals surface area contributed by atoms with Gasteiger partial charge in [0.05, 0.1) is 0 Å². The number of hydrogen-bond donors (Lipinski definition) is 2. The number of nitrogens with two attached hydrogens (primary N) is 1. The summed E-state index contributed by atoms with van der Waals surface area (Å²) in [5.41, 5.74) is 5.82.